The highest BCUT2D eigenvalue weighted by Gasteiger charge is 2.45. The van der Waals surface area contributed by atoms with Crippen molar-refractivity contribution < 1.29 is 4.79 Å². The number of aryl methyl sites for hydroxylation is 2. The van der Waals surface area contributed by atoms with E-state index < -0.39 is 4.87 Å². The number of alkyl halides is 1. The normalized spacial score (nSPS) is 27.9. The predicted molar refractivity (Wildman–Crippen MR) is 94.9 cm³/mol. The van der Waals surface area contributed by atoms with Crippen molar-refractivity contribution in [1.82, 2.24) is 5.32 Å². The van der Waals surface area contributed by atoms with E-state index in [9.17, 15) is 4.79 Å². The molecule has 0 aliphatic carbocycles. The molecule has 0 amide bonds. The quantitative estimate of drug-likeness (QED) is 0.814. The maximum absolute atomic E-state index is 12.6. The Morgan fingerprint density at radius 3 is 1.96 bits per heavy atom. The fourth-order valence-electron chi connectivity index (χ4n) is 3.14. The lowest BCUT2D eigenvalue weighted by atomic mass is 9.81. The van der Waals surface area contributed by atoms with Crippen LogP contribution in [0, 0.1) is 13.8 Å². The number of piperidine rings is 1. The zero-order chi connectivity index (χ0) is 16.6. The van der Waals surface area contributed by atoms with Crippen molar-refractivity contribution in [3.8, 4) is 0 Å². The number of hydrogen-bond donors (Lipinski definition) is 1. The van der Waals surface area contributed by atoms with Crippen LogP contribution in [0.15, 0.2) is 48.5 Å². The minimum absolute atomic E-state index is 0.00114. The number of rotatable bonds is 2. The molecule has 1 saturated heterocycles. The van der Waals surface area contributed by atoms with Gasteiger partial charge in [-0.1, -0.05) is 59.7 Å². The molecule has 1 aliphatic rings. The SMILES string of the molecule is Cc1ccc([C@H]2N[C@@H](c3ccc(C)cc3)CC(=O)[C@@]2(C)Cl)cc1. The van der Waals surface area contributed by atoms with Gasteiger partial charge in [-0.15, -0.1) is 11.6 Å². The molecule has 2 aromatic rings. The topological polar surface area (TPSA) is 29.1 Å². The molecule has 2 nitrogen and oxygen atoms in total. The Bertz CT molecular complexity index is 703. The van der Waals surface area contributed by atoms with Crippen LogP contribution in [0.5, 0.6) is 0 Å². The van der Waals surface area contributed by atoms with E-state index in [0.717, 1.165) is 11.1 Å². The molecule has 120 valence electrons. The van der Waals surface area contributed by atoms with Crippen LogP contribution in [-0.2, 0) is 4.79 Å². The second-order valence-corrected chi connectivity index (χ2v) is 7.46. The van der Waals surface area contributed by atoms with E-state index in [4.69, 9.17) is 11.6 Å². The lowest BCUT2D eigenvalue weighted by Crippen LogP contribution is -2.50. The van der Waals surface area contributed by atoms with Gasteiger partial charge < -0.3 is 5.32 Å². The number of nitrogens with one attached hydrogen (secondary N) is 1. The maximum Gasteiger partial charge on any atom is 0.157 e. The highest BCUT2D eigenvalue weighted by molar-refractivity contribution is 6.35. The monoisotopic (exact) mass is 327 g/mol. The minimum atomic E-state index is -0.920. The molecule has 3 heteroatoms. The summed E-state index contributed by atoms with van der Waals surface area (Å²) in [6.45, 7) is 5.94. The summed E-state index contributed by atoms with van der Waals surface area (Å²) in [6.07, 6.45) is 0.422. The first-order chi connectivity index (χ1) is 10.9. The zero-order valence-electron chi connectivity index (χ0n) is 13.8. The highest BCUT2D eigenvalue weighted by Crippen LogP contribution is 2.41. The molecule has 1 heterocycles. The number of benzene rings is 2. The first-order valence-corrected chi connectivity index (χ1v) is 8.37. The molecule has 0 saturated carbocycles. The molecule has 1 fully saturated rings. The molecule has 0 bridgehead atoms. The molecule has 0 unspecified atom stereocenters. The second kappa shape index (κ2) is 6.10. The van der Waals surface area contributed by atoms with Crippen molar-refractivity contribution in [2.75, 3.05) is 0 Å². The lowest BCUT2D eigenvalue weighted by molar-refractivity contribution is -0.124. The van der Waals surface area contributed by atoms with Crippen LogP contribution in [0.4, 0.5) is 0 Å². The summed E-state index contributed by atoms with van der Waals surface area (Å²) in [4.78, 5) is 11.7. The van der Waals surface area contributed by atoms with Gasteiger partial charge in [0.1, 0.15) is 4.87 Å². The van der Waals surface area contributed by atoms with Gasteiger partial charge in [-0.25, -0.2) is 0 Å². The van der Waals surface area contributed by atoms with Crippen molar-refractivity contribution in [2.45, 2.75) is 44.1 Å². The van der Waals surface area contributed by atoms with Gasteiger partial charge in [0.25, 0.3) is 0 Å². The van der Waals surface area contributed by atoms with E-state index in [1.54, 1.807) is 0 Å². The Morgan fingerprint density at radius 1 is 0.957 bits per heavy atom. The number of Topliss-reactive ketones (excluding diaryl/α,β-unsaturated/α-hetero) is 1. The largest absolute Gasteiger partial charge is 0.301 e. The minimum Gasteiger partial charge on any atom is -0.301 e. The summed E-state index contributed by atoms with van der Waals surface area (Å²) in [5, 5.41) is 3.59. The number of halogens is 1. The first-order valence-electron chi connectivity index (χ1n) is 7.99. The van der Waals surface area contributed by atoms with Crippen LogP contribution < -0.4 is 5.32 Å². The summed E-state index contributed by atoms with van der Waals surface area (Å²) in [6, 6.07) is 16.4. The van der Waals surface area contributed by atoms with Crippen LogP contribution in [0.1, 0.15) is 47.7 Å². The average molecular weight is 328 g/mol. The van der Waals surface area contributed by atoms with E-state index in [0.29, 0.717) is 6.42 Å². The van der Waals surface area contributed by atoms with Crippen LogP contribution in [0.3, 0.4) is 0 Å². The maximum atomic E-state index is 12.6. The van der Waals surface area contributed by atoms with Crippen LogP contribution in [0.25, 0.3) is 0 Å². The predicted octanol–water partition coefficient (Wildman–Crippen LogP) is 4.65. The lowest BCUT2D eigenvalue weighted by Gasteiger charge is -2.40. The van der Waals surface area contributed by atoms with E-state index in [2.05, 4.69) is 67.7 Å². The summed E-state index contributed by atoms with van der Waals surface area (Å²) >= 11 is 6.63. The first kappa shape index (κ1) is 16.2. The van der Waals surface area contributed by atoms with Crippen LogP contribution in [0.2, 0.25) is 0 Å². The average Bonchev–Trinajstić information content (AvgIpc) is 2.52. The third-order valence-electron chi connectivity index (χ3n) is 4.74. The van der Waals surface area contributed by atoms with Gasteiger partial charge in [-0.05, 0) is 31.9 Å². The van der Waals surface area contributed by atoms with Gasteiger partial charge in [0, 0.05) is 12.5 Å². The Morgan fingerprint density at radius 2 is 1.43 bits per heavy atom. The highest BCUT2D eigenvalue weighted by atomic mass is 35.5. The summed E-state index contributed by atoms with van der Waals surface area (Å²) in [7, 11) is 0. The van der Waals surface area contributed by atoms with E-state index in [-0.39, 0.29) is 17.9 Å². The van der Waals surface area contributed by atoms with Gasteiger partial charge >= 0.3 is 0 Å². The van der Waals surface area contributed by atoms with Gasteiger partial charge in [0.15, 0.2) is 5.78 Å². The molecule has 3 atom stereocenters. The van der Waals surface area contributed by atoms with Crippen LogP contribution >= 0.6 is 11.6 Å². The molecule has 0 aromatic heterocycles. The third kappa shape index (κ3) is 3.19. The zero-order valence-corrected chi connectivity index (χ0v) is 14.5. The number of ketones is 1. The second-order valence-electron chi connectivity index (χ2n) is 6.68. The smallest absolute Gasteiger partial charge is 0.157 e. The molecule has 1 aliphatic heterocycles. The van der Waals surface area contributed by atoms with Gasteiger partial charge in [0.05, 0.1) is 6.04 Å². The van der Waals surface area contributed by atoms with E-state index in [1.165, 1.54) is 11.1 Å². The molecule has 0 radical (unpaired) electrons. The van der Waals surface area contributed by atoms with Crippen molar-refractivity contribution in [3.05, 3.63) is 70.8 Å². The number of carbonyl (C=O) groups is 1. The van der Waals surface area contributed by atoms with E-state index >= 15 is 0 Å². The fraction of sp³-hybridized carbons (Fsp3) is 0.350. The Kier molecular flexibility index (Phi) is 4.31. The third-order valence-corrected chi connectivity index (χ3v) is 5.16. The number of carbonyl (C=O) groups excluding carboxylic acids is 1. The van der Waals surface area contributed by atoms with Crippen molar-refractivity contribution in [3.63, 3.8) is 0 Å². The molecule has 0 spiro atoms. The molecular weight excluding hydrogens is 306 g/mol. The molecule has 23 heavy (non-hydrogen) atoms. The molecule has 3 rings (SSSR count). The van der Waals surface area contributed by atoms with Gasteiger partial charge in [-0.3, -0.25) is 4.79 Å². The van der Waals surface area contributed by atoms with Gasteiger partial charge in [0.2, 0.25) is 0 Å². The summed E-state index contributed by atoms with van der Waals surface area (Å²) in [5.74, 6) is 0.0917. The number of hydrogen-bond acceptors (Lipinski definition) is 2. The Hall–Kier alpha value is -1.64. The Labute approximate surface area is 142 Å². The molecular formula is C20H22ClNO. The fourth-order valence-corrected chi connectivity index (χ4v) is 3.41. The van der Waals surface area contributed by atoms with Gasteiger partial charge in [-0.2, -0.15) is 0 Å². The van der Waals surface area contributed by atoms with Crippen molar-refractivity contribution in [1.29, 1.82) is 0 Å². The van der Waals surface area contributed by atoms with E-state index in [1.807, 2.05) is 6.92 Å². The Balaban J connectivity index is 1.94. The summed E-state index contributed by atoms with van der Waals surface area (Å²) in [5.41, 5.74) is 4.60. The molecule has 2 aromatic carbocycles. The molecule has 1 N–H and O–H groups in total. The standard InChI is InChI=1S/C20H22ClNO/c1-13-4-8-15(9-5-13)17-12-18(23)20(3,21)19(22-17)16-10-6-14(2)7-11-16/h4-11,17,19,22H,12H2,1-3H3/t17-,19-,20-/m1/s1. The van der Waals surface area contributed by atoms with Crippen molar-refractivity contribution >= 4 is 17.4 Å². The summed E-state index contributed by atoms with van der Waals surface area (Å²) < 4.78 is 0. The van der Waals surface area contributed by atoms with Crippen molar-refractivity contribution in [2.24, 2.45) is 0 Å². The van der Waals surface area contributed by atoms with Crippen LogP contribution in [-0.4, -0.2) is 10.7 Å².